The first-order valence-corrected chi connectivity index (χ1v) is 6.83. The molecule has 1 amide bonds. The average molecular weight is 255 g/mol. The molecular weight excluding hydrogens is 230 g/mol. The zero-order chi connectivity index (χ0) is 13.8. The minimum atomic E-state index is -0.888. The first-order chi connectivity index (χ1) is 8.30. The summed E-state index contributed by atoms with van der Waals surface area (Å²) in [6, 6.07) is 0.251. The van der Waals surface area contributed by atoms with Gasteiger partial charge in [0.2, 0.25) is 5.91 Å². The summed E-state index contributed by atoms with van der Waals surface area (Å²) in [5.74, 6) is -1.63. The second kappa shape index (κ2) is 6.21. The lowest BCUT2D eigenvalue weighted by atomic mass is 9.78. The van der Waals surface area contributed by atoms with E-state index in [1.54, 1.807) is 0 Å². The van der Waals surface area contributed by atoms with E-state index in [0.29, 0.717) is 0 Å². The molecule has 1 rings (SSSR count). The van der Waals surface area contributed by atoms with E-state index < -0.39 is 17.3 Å². The van der Waals surface area contributed by atoms with Crippen molar-refractivity contribution in [2.75, 3.05) is 0 Å². The van der Waals surface area contributed by atoms with Crippen LogP contribution in [-0.4, -0.2) is 23.0 Å². The molecule has 1 atom stereocenters. The van der Waals surface area contributed by atoms with Gasteiger partial charge in [-0.2, -0.15) is 0 Å². The maximum atomic E-state index is 11.9. The molecular formula is C14H25NO3. The molecule has 1 fully saturated rings. The molecule has 0 aromatic heterocycles. The van der Waals surface area contributed by atoms with Gasteiger partial charge < -0.3 is 10.4 Å². The first kappa shape index (κ1) is 15.0. The van der Waals surface area contributed by atoms with Crippen LogP contribution in [0.5, 0.6) is 0 Å². The molecule has 0 aliphatic heterocycles. The van der Waals surface area contributed by atoms with Crippen LogP contribution in [-0.2, 0) is 9.59 Å². The van der Waals surface area contributed by atoms with Gasteiger partial charge in [-0.15, -0.1) is 0 Å². The molecule has 4 heteroatoms. The average Bonchev–Trinajstić information content (AvgIpc) is 2.25. The molecule has 1 saturated carbocycles. The van der Waals surface area contributed by atoms with Crippen molar-refractivity contribution in [2.45, 2.75) is 65.3 Å². The third-order valence-electron chi connectivity index (χ3n) is 3.70. The normalized spacial score (nSPS) is 19.3. The van der Waals surface area contributed by atoms with E-state index in [9.17, 15) is 14.7 Å². The lowest BCUT2D eigenvalue weighted by molar-refractivity contribution is -0.148. The molecule has 0 aromatic rings. The van der Waals surface area contributed by atoms with Crippen LogP contribution in [0.15, 0.2) is 0 Å². The summed E-state index contributed by atoms with van der Waals surface area (Å²) in [5.41, 5.74) is -0.393. The number of aliphatic carboxylic acids is 1. The molecule has 4 nitrogen and oxygen atoms in total. The van der Waals surface area contributed by atoms with Crippen molar-refractivity contribution in [1.82, 2.24) is 5.32 Å². The van der Waals surface area contributed by atoms with Gasteiger partial charge in [-0.3, -0.25) is 9.59 Å². The summed E-state index contributed by atoms with van der Waals surface area (Å²) in [6.45, 7) is 5.58. The number of carbonyl (C=O) groups is 2. The molecule has 1 aliphatic carbocycles. The fraction of sp³-hybridized carbons (Fsp3) is 0.857. The summed E-state index contributed by atoms with van der Waals surface area (Å²) in [6.07, 6.45) is 5.69. The Hall–Kier alpha value is -1.06. The molecule has 0 unspecified atom stereocenters. The highest BCUT2D eigenvalue weighted by Gasteiger charge is 2.33. The van der Waals surface area contributed by atoms with Gasteiger partial charge in [-0.05, 0) is 18.3 Å². The number of carbonyl (C=O) groups excluding carboxylic acids is 1. The third-order valence-corrected chi connectivity index (χ3v) is 3.70. The molecule has 0 radical (unpaired) electrons. The minimum Gasteiger partial charge on any atom is -0.481 e. The van der Waals surface area contributed by atoms with Gasteiger partial charge in [0.05, 0.1) is 5.92 Å². The Labute approximate surface area is 109 Å². The lowest BCUT2D eigenvalue weighted by Gasteiger charge is -2.28. The van der Waals surface area contributed by atoms with Crippen LogP contribution in [0, 0.1) is 11.3 Å². The molecule has 104 valence electrons. The summed E-state index contributed by atoms with van der Waals surface area (Å²) in [7, 11) is 0. The Balaban J connectivity index is 2.48. The van der Waals surface area contributed by atoms with Crippen molar-refractivity contribution in [2.24, 2.45) is 11.3 Å². The second-order valence-corrected chi connectivity index (χ2v) is 6.36. The standard InChI is InChI=1S/C14H25NO3/c1-14(2,3)11(13(17)18)9-12(16)15-10-7-5-4-6-8-10/h10-11H,4-9H2,1-3H3,(H,15,16)(H,17,18)/t11-/m1/s1. The van der Waals surface area contributed by atoms with Crippen molar-refractivity contribution in [1.29, 1.82) is 0 Å². The van der Waals surface area contributed by atoms with Gasteiger partial charge >= 0.3 is 5.97 Å². The highest BCUT2D eigenvalue weighted by atomic mass is 16.4. The van der Waals surface area contributed by atoms with Crippen LogP contribution >= 0.6 is 0 Å². The van der Waals surface area contributed by atoms with E-state index in [0.717, 1.165) is 25.7 Å². The van der Waals surface area contributed by atoms with Gasteiger partial charge in [0, 0.05) is 12.5 Å². The Kier molecular flexibility index (Phi) is 5.17. The largest absolute Gasteiger partial charge is 0.481 e. The zero-order valence-corrected chi connectivity index (χ0v) is 11.7. The lowest BCUT2D eigenvalue weighted by Crippen LogP contribution is -2.40. The van der Waals surface area contributed by atoms with Crippen LogP contribution in [0.2, 0.25) is 0 Å². The molecule has 0 aromatic carbocycles. The topological polar surface area (TPSA) is 66.4 Å². The summed E-state index contributed by atoms with van der Waals surface area (Å²) in [4.78, 5) is 23.1. The first-order valence-electron chi connectivity index (χ1n) is 6.83. The van der Waals surface area contributed by atoms with E-state index >= 15 is 0 Å². The van der Waals surface area contributed by atoms with Crippen LogP contribution in [0.4, 0.5) is 0 Å². The van der Waals surface area contributed by atoms with Crippen LogP contribution in [0.1, 0.15) is 59.3 Å². The highest BCUT2D eigenvalue weighted by molar-refractivity contribution is 5.82. The van der Waals surface area contributed by atoms with Crippen molar-refractivity contribution < 1.29 is 14.7 Å². The molecule has 18 heavy (non-hydrogen) atoms. The molecule has 2 N–H and O–H groups in total. The number of nitrogens with one attached hydrogen (secondary N) is 1. The predicted molar refractivity (Wildman–Crippen MR) is 70.2 cm³/mol. The molecule has 0 saturated heterocycles. The van der Waals surface area contributed by atoms with Crippen LogP contribution < -0.4 is 5.32 Å². The smallest absolute Gasteiger partial charge is 0.307 e. The van der Waals surface area contributed by atoms with Crippen molar-refractivity contribution >= 4 is 11.9 Å². The fourth-order valence-electron chi connectivity index (χ4n) is 2.48. The Morgan fingerprint density at radius 3 is 2.22 bits per heavy atom. The van der Waals surface area contributed by atoms with Crippen LogP contribution in [0.3, 0.4) is 0 Å². The summed E-state index contributed by atoms with van der Waals surface area (Å²) < 4.78 is 0. The second-order valence-electron chi connectivity index (χ2n) is 6.36. The maximum absolute atomic E-state index is 11.9. The molecule has 0 heterocycles. The summed E-state index contributed by atoms with van der Waals surface area (Å²) in [5, 5.41) is 12.2. The van der Waals surface area contributed by atoms with Gasteiger partial charge in [0.1, 0.15) is 0 Å². The van der Waals surface area contributed by atoms with Gasteiger partial charge in [0.15, 0.2) is 0 Å². The minimum absolute atomic E-state index is 0.0787. The van der Waals surface area contributed by atoms with Crippen molar-refractivity contribution in [3.05, 3.63) is 0 Å². The fourth-order valence-corrected chi connectivity index (χ4v) is 2.48. The zero-order valence-electron chi connectivity index (χ0n) is 11.7. The number of amides is 1. The molecule has 0 bridgehead atoms. The maximum Gasteiger partial charge on any atom is 0.307 e. The Bertz CT molecular complexity index is 301. The Morgan fingerprint density at radius 2 is 1.78 bits per heavy atom. The number of hydrogen-bond donors (Lipinski definition) is 2. The van der Waals surface area contributed by atoms with Crippen LogP contribution in [0.25, 0.3) is 0 Å². The van der Waals surface area contributed by atoms with Gasteiger partial charge in [-0.1, -0.05) is 40.0 Å². The summed E-state index contributed by atoms with van der Waals surface area (Å²) >= 11 is 0. The van der Waals surface area contributed by atoms with E-state index in [1.807, 2.05) is 20.8 Å². The number of carboxylic acids is 1. The monoisotopic (exact) mass is 255 g/mol. The van der Waals surface area contributed by atoms with E-state index in [2.05, 4.69) is 5.32 Å². The highest BCUT2D eigenvalue weighted by Crippen LogP contribution is 2.29. The number of rotatable bonds is 4. The SMILES string of the molecule is CC(C)(C)[C@H](CC(=O)NC1CCCCC1)C(=O)O. The molecule has 0 spiro atoms. The Morgan fingerprint density at radius 1 is 1.22 bits per heavy atom. The van der Waals surface area contributed by atoms with E-state index in [-0.39, 0.29) is 18.4 Å². The molecule has 1 aliphatic rings. The number of hydrogen-bond acceptors (Lipinski definition) is 2. The van der Waals surface area contributed by atoms with Crippen molar-refractivity contribution in [3.8, 4) is 0 Å². The van der Waals surface area contributed by atoms with E-state index in [4.69, 9.17) is 0 Å². The van der Waals surface area contributed by atoms with Gasteiger partial charge in [0.25, 0.3) is 0 Å². The third kappa shape index (κ3) is 4.67. The quantitative estimate of drug-likeness (QED) is 0.811. The number of carboxylic acid groups (broad SMARTS) is 1. The van der Waals surface area contributed by atoms with Crippen molar-refractivity contribution in [3.63, 3.8) is 0 Å². The van der Waals surface area contributed by atoms with Gasteiger partial charge in [-0.25, -0.2) is 0 Å². The predicted octanol–water partition coefficient (Wildman–Crippen LogP) is 2.57. The van der Waals surface area contributed by atoms with E-state index in [1.165, 1.54) is 6.42 Å².